The van der Waals surface area contributed by atoms with Crippen LogP contribution in [0.5, 0.6) is 0 Å². The van der Waals surface area contributed by atoms with Crippen LogP contribution >= 0.6 is 0 Å². The summed E-state index contributed by atoms with van der Waals surface area (Å²) in [6, 6.07) is 0. The molecule has 0 radical (unpaired) electrons. The summed E-state index contributed by atoms with van der Waals surface area (Å²) in [6.45, 7) is 7.38. The molecule has 13 atom stereocenters. The molecule has 1 aliphatic heterocycles. The molecule has 0 amide bonds. The van der Waals surface area contributed by atoms with Gasteiger partial charge in [0, 0.05) is 5.92 Å². The van der Waals surface area contributed by atoms with Crippen molar-refractivity contribution in [3.63, 3.8) is 0 Å². The molecule has 0 aromatic carbocycles. The van der Waals surface area contributed by atoms with E-state index in [1.165, 1.54) is 12.8 Å². The molecule has 1 heterocycles. The molecule has 5 fully saturated rings. The quantitative estimate of drug-likeness (QED) is 0.423. The molecule has 4 bridgehead atoms. The first-order chi connectivity index (χ1) is 13.5. The van der Waals surface area contributed by atoms with E-state index in [0.717, 1.165) is 41.9 Å². The van der Waals surface area contributed by atoms with E-state index < -0.39 is 0 Å². The third-order valence-corrected chi connectivity index (χ3v) is 10.3. The van der Waals surface area contributed by atoms with Gasteiger partial charge in [-0.2, -0.15) is 0 Å². The molecule has 0 spiro atoms. The second-order valence-electron chi connectivity index (χ2n) is 10.9. The molecule has 6 aliphatic rings. The van der Waals surface area contributed by atoms with Gasteiger partial charge in [0.1, 0.15) is 12.7 Å². The molecule has 10 unspecified atom stereocenters. The summed E-state index contributed by atoms with van der Waals surface area (Å²) >= 11 is 0. The van der Waals surface area contributed by atoms with E-state index in [9.17, 15) is 9.59 Å². The van der Waals surface area contributed by atoms with E-state index in [-0.39, 0.29) is 42.4 Å². The Morgan fingerprint density at radius 3 is 2.39 bits per heavy atom. The Kier molecular flexibility index (Phi) is 3.67. The van der Waals surface area contributed by atoms with Gasteiger partial charge in [0.05, 0.1) is 11.8 Å². The summed E-state index contributed by atoms with van der Waals surface area (Å²) in [5.41, 5.74) is 0. The monoisotopic (exact) mass is 384 g/mol. The third kappa shape index (κ3) is 2.07. The van der Waals surface area contributed by atoms with E-state index in [1.807, 2.05) is 6.08 Å². The first-order valence-electron chi connectivity index (χ1n) is 11.5. The molecule has 4 nitrogen and oxygen atoms in total. The van der Waals surface area contributed by atoms with Crippen molar-refractivity contribution in [1.29, 1.82) is 0 Å². The van der Waals surface area contributed by atoms with Crippen molar-refractivity contribution in [2.75, 3.05) is 6.61 Å². The van der Waals surface area contributed by atoms with Crippen molar-refractivity contribution in [3.8, 4) is 0 Å². The molecule has 152 valence electrons. The maximum absolute atomic E-state index is 13.2. The van der Waals surface area contributed by atoms with Crippen molar-refractivity contribution < 1.29 is 19.1 Å². The molecule has 0 N–H and O–H groups in total. The number of carbonyl (C=O) groups is 2. The van der Waals surface area contributed by atoms with Gasteiger partial charge in [0.25, 0.3) is 0 Å². The summed E-state index contributed by atoms with van der Waals surface area (Å²) in [7, 11) is 0. The SMILES string of the molecule is CC1C(C)C2CC1C1C3CC(C(C(=O)OC[C@@H]4C(=O)O[C@@H]5C=CC[C@H]45)C3C)C21. The fourth-order valence-corrected chi connectivity index (χ4v) is 8.96. The average molecular weight is 385 g/mol. The van der Waals surface area contributed by atoms with Crippen LogP contribution < -0.4 is 0 Å². The van der Waals surface area contributed by atoms with Gasteiger partial charge in [-0.15, -0.1) is 0 Å². The van der Waals surface area contributed by atoms with Crippen LogP contribution in [0.1, 0.15) is 40.0 Å². The first-order valence-corrected chi connectivity index (χ1v) is 11.5. The van der Waals surface area contributed by atoms with Crippen LogP contribution in [0, 0.1) is 71.0 Å². The predicted molar refractivity (Wildman–Crippen MR) is 103 cm³/mol. The number of ether oxygens (including phenoxy) is 2. The summed E-state index contributed by atoms with van der Waals surface area (Å²) in [6.07, 6.45) is 7.42. The van der Waals surface area contributed by atoms with Gasteiger partial charge in [-0.05, 0) is 78.6 Å². The van der Waals surface area contributed by atoms with E-state index in [2.05, 4.69) is 26.8 Å². The van der Waals surface area contributed by atoms with Crippen LogP contribution in [0.15, 0.2) is 12.2 Å². The molecule has 4 saturated carbocycles. The first kappa shape index (κ1) is 17.5. The maximum Gasteiger partial charge on any atom is 0.313 e. The number of fused-ring (bicyclic) bond motifs is 10. The summed E-state index contributed by atoms with van der Waals surface area (Å²) < 4.78 is 11.2. The Balaban J connectivity index is 1.16. The predicted octanol–water partition coefficient (Wildman–Crippen LogP) is 3.70. The zero-order valence-electron chi connectivity index (χ0n) is 17.1. The van der Waals surface area contributed by atoms with Crippen LogP contribution in [0.25, 0.3) is 0 Å². The number of hydrogen-bond acceptors (Lipinski definition) is 4. The second kappa shape index (κ2) is 5.86. The van der Waals surface area contributed by atoms with Crippen molar-refractivity contribution in [3.05, 3.63) is 12.2 Å². The van der Waals surface area contributed by atoms with Crippen LogP contribution in [0.2, 0.25) is 0 Å². The normalized spacial score (nSPS) is 57.5. The van der Waals surface area contributed by atoms with Gasteiger partial charge in [-0.1, -0.05) is 26.8 Å². The Hall–Kier alpha value is -1.32. The number of hydrogen-bond donors (Lipinski definition) is 0. The zero-order valence-corrected chi connectivity index (χ0v) is 17.1. The van der Waals surface area contributed by atoms with Gasteiger partial charge in [-0.25, -0.2) is 0 Å². The van der Waals surface area contributed by atoms with Gasteiger partial charge in [0.2, 0.25) is 0 Å². The van der Waals surface area contributed by atoms with Gasteiger partial charge in [0.15, 0.2) is 0 Å². The van der Waals surface area contributed by atoms with Crippen LogP contribution in [0.3, 0.4) is 0 Å². The van der Waals surface area contributed by atoms with Crippen LogP contribution in [-0.4, -0.2) is 24.6 Å². The summed E-state index contributed by atoms with van der Waals surface area (Å²) in [4.78, 5) is 25.3. The molecule has 6 rings (SSSR count). The Morgan fingerprint density at radius 1 is 1.00 bits per heavy atom. The van der Waals surface area contributed by atoms with E-state index >= 15 is 0 Å². The molecular weight excluding hydrogens is 352 g/mol. The fraction of sp³-hybridized carbons (Fsp3) is 0.833. The summed E-state index contributed by atoms with van der Waals surface area (Å²) in [5.74, 6) is 6.30. The molecular formula is C24H32O4. The molecule has 0 aromatic rings. The minimum absolute atomic E-state index is 0.0378. The Bertz CT molecular complexity index is 743. The van der Waals surface area contributed by atoms with Crippen LogP contribution in [-0.2, 0) is 19.1 Å². The molecule has 28 heavy (non-hydrogen) atoms. The zero-order chi connectivity index (χ0) is 19.3. The highest BCUT2D eigenvalue weighted by molar-refractivity contribution is 5.78. The second-order valence-corrected chi connectivity index (χ2v) is 10.9. The lowest BCUT2D eigenvalue weighted by molar-refractivity contribution is -0.158. The fourth-order valence-electron chi connectivity index (χ4n) is 8.96. The molecule has 0 aromatic heterocycles. The highest BCUT2D eigenvalue weighted by Gasteiger charge is 2.69. The molecule has 5 aliphatic carbocycles. The van der Waals surface area contributed by atoms with Crippen molar-refractivity contribution in [1.82, 2.24) is 0 Å². The highest BCUT2D eigenvalue weighted by atomic mass is 16.6. The largest absolute Gasteiger partial charge is 0.465 e. The lowest BCUT2D eigenvalue weighted by Crippen LogP contribution is -2.44. The number of allylic oxidation sites excluding steroid dienone is 1. The number of carbonyl (C=O) groups excluding carboxylic acids is 2. The van der Waals surface area contributed by atoms with Crippen molar-refractivity contribution >= 4 is 11.9 Å². The Morgan fingerprint density at radius 2 is 1.64 bits per heavy atom. The molecule has 4 heteroatoms. The van der Waals surface area contributed by atoms with E-state index in [1.54, 1.807) is 0 Å². The minimum Gasteiger partial charge on any atom is -0.465 e. The summed E-state index contributed by atoms with van der Waals surface area (Å²) in [5, 5.41) is 0. The number of esters is 2. The third-order valence-electron chi connectivity index (χ3n) is 10.3. The van der Waals surface area contributed by atoms with E-state index in [0.29, 0.717) is 17.8 Å². The minimum atomic E-state index is -0.283. The lowest BCUT2D eigenvalue weighted by Gasteiger charge is -2.45. The van der Waals surface area contributed by atoms with Crippen molar-refractivity contribution in [2.24, 2.45) is 71.0 Å². The number of rotatable bonds is 3. The van der Waals surface area contributed by atoms with E-state index in [4.69, 9.17) is 9.47 Å². The topological polar surface area (TPSA) is 52.6 Å². The van der Waals surface area contributed by atoms with Gasteiger partial charge < -0.3 is 9.47 Å². The molecule has 1 saturated heterocycles. The van der Waals surface area contributed by atoms with Crippen LogP contribution in [0.4, 0.5) is 0 Å². The lowest BCUT2D eigenvalue weighted by atomic mass is 9.59. The maximum atomic E-state index is 13.2. The Labute approximate surface area is 167 Å². The van der Waals surface area contributed by atoms with Crippen molar-refractivity contribution in [2.45, 2.75) is 46.1 Å². The van der Waals surface area contributed by atoms with Gasteiger partial charge >= 0.3 is 11.9 Å². The van der Waals surface area contributed by atoms with Gasteiger partial charge in [-0.3, -0.25) is 9.59 Å². The standard InChI is InChI=1S/C24H32O4/c1-10-11(2)15-7-14(10)21-16-8-17(22(15)21)20(12(16)3)24(26)27-9-18-13-5-4-6-19(13)28-23(18)25/h4,6,10-22H,5,7-9H2,1-3H3/t10?,11?,12?,13-,14?,15?,16?,17?,18+,19-,20?,21?,22?/m1/s1. The smallest absolute Gasteiger partial charge is 0.313 e. The highest BCUT2D eigenvalue weighted by Crippen LogP contribution is 2.72. The average Bonchev–Trinajstić information content (AvgIpc) is 3.44.